The number of hydrogen-bond donors (Lipinski definition) is 3. The maximum absolute atomic E-state index is 12.7. The highest BCUT2D eigenvalue weighted by Crippen LogP contribution is 2.28. The molecular weight excluding hydrogens is 430 g/mol. The molecule has 172 valence electrons. The van der Waals surface area contributed by atoms with Crippen molar-refractivity contribution in [3.63, 3.8) is 0 Å². The van der Waals surface area contributed by atoms with E-state index in [0.717, 1.165) is 18.4 Å². The Bertz CT molecular complexity index is 1090. The van der Waals surface area contributed by atoms with Gasteiger partial charge in [-0.1, -0.05) is 26.0 Å². The first-order valence-electron chi connectivity index (χ1n) is 10.6. The fraction of sp³-hybridized carbons (Fsp3) is 0.391. The molecule has 0 aliphatic heterocycles. The quantitative estimate of drug-likeness (QED) is 0.505. The summed E-state index contributed by atoms with van der Waals surface area (Å²) in [5.41, 5.74) is 1.67. The Morgan fingerprint density at radius 1 is 1.12 bits per heavy atom. The van der Waals surface area contributed by atoms with Crippen LogP contribution in [0.4, 0.5) is 5.69 Å². The standard InChI is InChI=1S/C23H29N3O5S/c1-15(2)11-22(27)25-19-6-4-5-16(12-19)14-24-23(28)17-7-10-20(31-3)21(13-17)32(29,30)26-18-8-9-18/h4-7,10,12-13,15,18,26H,8-9,11,14H2,1-3H3,(H,24,28)(H,25,27). The van der Waals surface area contributed by atoms with Crippen LogP contribution in [0, 0.1) is 5.92 Å². The lowest BCUT2D eigenvalue weighted by atomic mass is 10.1. The molecule has 1 aliphatic carbocycles. The van der Waals surface area contributed by atoms with Crippen LogP contribution in [0.5, 0.6) is 5.75 Å². The van der Waals surface area contributed by atoms with E-state index in [4.69, 9.17) is 4.74 Å². The minimum atomic E-state index is -3.78. The van der Waals surface area contributed by atoms with Gasteiger partial charge in [0.25, 0.3) is 5.91 Å². The summed E-state index contributed by atoms with van der Waals surface area (Å²) in [6.07, 6.45) is 2.04. The molecule has 32 heavy (non-hydrogen) atoms. The number of ether oxygens (including phenoxy) is 1. The largest absolute Gasteiger partial charge is 0.495 e. The minimum absolute atomic E-state index is 0.0597. The zero-order valence-corrected chi connectivity index (χ0v) is 19.3. The molecule has 1 aliphatic rings. The van der Waals surface area contributed by atoms with Gasteiger partial charge in [0.1, 0.15) is 10.6 Å². The highest BCUT2D eigenvalue weighted by Gasteiger charge is 2.30. The minimum Gasteiger partial charge on any atom is -0.495 e. The van der Waals surface area contributed by atoms with Crippen molar-refractivity contribution in [3.05, 3.63) is 53.6 Å². The van der Waals surface area contributed by atoms with Crippen molar-refractivity contribution < 1.29 is 22.7 Å². The zero-order valence-electron chi connectivity index (χ0n) is 18.5. The van der Waals surface area contributed by atoms with Crippen molar-refractivity contribution >= 4 is 27.5 Å². The first-order valence-corrected chi connectivity index (χ1v) is 12.0. The fourth-order valence-corrected chi connectivity index (χ4v) is 4.64. The Labute approximate surface area is 188 Å². The Balaban J connectivity index is 1.68. The van der Waals surface area contributed by atoms with Gasteiger partial charge in [0.2, 0.25) is 15.9 Å². The van der Waals surface area contributed by atoms with Crippen LogP contribution in [0.1, 0.15) is 49.0 Å². The number of carbonyl (C=O) groups is 2. The third-order valence-corrected chi connectivity index (χ3v) is 6.41. The van der Waals surface area contributed by atoms with Crippen LogP contribution in [0.25, 0.3) is 0 Å². The van der Waals surface area contributed by atoms with E-state index in [-0.39, 0.29) is 40.6 Å². The van der Waals surface area contributed by atoms with Gasteiger partial charge in [-0.25, -0.2) is 13.1 Å². The number of rotatable bonds is 10. The number of anilines is 1. The van der Waals surface area contributed by atoms with E-state index in [1.165, 1.54) is 25.3 Å². The summed E-state index contributed by atoms with van der Waals surface area (Å²) in [5, 5.41) is 5.64. The summed E-state index contributed by atoms with van der Waals surface area (Å²) in [6, 6.07) is 11.5. The first-order chi connectivity index (χ1) is 15.2. The van der Waals surface area contributed by atoms with Gasteiger partial charge >= 0.3 is 0 Å². The molecule has 2 amide bonds. The summed E-state index contributed by atoms with van der Waals surface area (Å²) in [4.78, 5) is 24.6. The van der Waals surface area contributed by atoms with Crippen LogP contribution < -0.4 is 20.1 Å². The average Bonchev–Trinajstić information content (AvgIpc) is 3.54. The predicted molar refractivity (Wildman–Crippen MR) is 122 cm³/mol. The van der Waals surface area contributed by atoms with E-state index in [0.29, 0.717) is 12.1 Å². The second-order valence-electron chi connectivity index (χ2n) is 8.29. The summed E-state index contributed by atoms with van der Waals surface area (Å²) in [5.74, 6) is -0.0348. The maximum atomic E-state index is 12.7. The molecule has 1 fully saturated rings. The van der Waals surface area contributed by atoms with Gasteiger partial charge in [0, 0.05) is 30.3 Å². The van der Waals surface area contributed by atoms with Crippen molar-refractivity contribution in [3.8, 4) is 5.75 Å². The molecule has 9 heteroatoms. The van der Waals surface area contributed by atoms with Gasteiger partial charge in [0.05, 0.1) is 7.11 Å². The maximum Gasteiger partial charge on any atom is 0.251 e. The summed E-state index contributed by atoms with van der Waals surface area (Å²) < 4.78 is 33.1. The van der Waals surface area contributed by atoms with Crippen molar-refractivity contribution in [2.45, 2.75) is 50.6 Å². The van der Waals surface area contributed by atoms with Gasteiger partial charge < -0.3 is 15.4 Å². The normalized spacial score (nSPS) is 13.6. The average molecular weight is 460 g/mol. The second kappa shape index (κ2) is 10.1. The Hall–Kier alpha value is -2.91. The smallest absolute Gasteiger partial charge is 0.251 e. The molecule has 0 spiro atoms. The predicted octanol–water partition coefficient (Wildman–Crippen LogP) is 3.05. The first kappa shape index (κ1) is 23.7. The summed E-state index contributed by atoms with van der Waals surface area (Å²) >= 11 is 0. The van der Waals surface area contributed by atoms with E-state index in [9.17, 15) is 18.0 Å². The van der Waals surface area contributed by atoms with E-state index in [2.05, 4.69) is 15.4 Å². The number of amides is 2. The molecule has 0 unspecified atom stereocenters. The molecular formula is C23H29N3O5S. The molecule has 2 aromatic carbocycles. The van der Waals surface area contributed by atoms with E-state index >= 15 is 0 Å². The topological polar surface area (TPSA) is 114 Å². The molecule has 1 saturated carbocycles. The van der Waals surface area contributed by atoms with Crippen LogP contribution in [0.15, 0.2) is 47.4 Å². The molecule has 0 heterocycles. The van der Waals surface area contributed by atoms with Gasteiger partial charge in [-0.15, -0.1) is 0 Å². The number of hydrogen-bond acceptors (Lipinski definition) is 5. The Morgan fingerprint density at radius 3 is 2.53 bits per heavy atom. The summed E-state index contributed by atoms with van der Waals surface area (Å²) in [6.45, 7) is 4.17. The van der Waals surface area contributed by atoms with Crippen LogP contribution in [0.3, 0.4) is 0 Å². The van der Waals surface area contributed by atoms with Crippen LogP contribution in [-0.4, -0.2) is 33.4 Å². The lowest BCUT2D eigenvalue weighted by Gasteiger charge is -2.13. The third-order valence-electron chi connectivity index (χ3n) is 4.87. The second-order valence-corrected chi connectivity index (χ2v) is 9.97. The number of benzene rings is 2. The van der Waals surface area contributed by atoms with E-state index in [1.54, 1.807) is 18.2 Å². The molecule has 2 aromatic rings. The molecule has 3 rings (SSSR count). The van der Waals surface area contributed by atoms with Crippen LogP contribution >= 0.6 is 0 Å². The van der Waals surface area contributed by atoms with Crippen molar-refractivity contribution in [2.24, 2.45) is 5.92 Å². The molecule has 8 nitrogen and oxygen atoms in total. The zero-order chi connectivity index (χ0) is 23.3. The highest BCUT2D eigenvalue weighted by atomic mass is 32.2. The van der Waals surface area contributed by atoms with E-state index < -0.39 is 15.9 Å². The molecule has 0 saturated heterocycles. The third kappa shape index (κ3) is 6.54. The van der Waals surface area contributed by atoms with E-state index in [1.807, 2.05) is 19.9 Å². The van der Waals surface area contributed by atoms with Crippen molar-refractivity contribution in [1.82, 2.24) is 10.0 Å². The number of sulfonamides is 1. The molecule has 0 radical (unpaired) electrons. The Morgan fingerprint density at radius 2 is 1.88 bits per heavy atom. The highest BCUT2D eigenvalue weighted by molar-refractivity contribution is 7.89. The number of carbonyl (C=O) groups excluding carboxylic acids is 2. The van der Waals surface area contributed by atoms with Crippen LogP contribution in [-0.2, 0) is 21.4 Å². The fourth-order valence-electron chi connectivity index (χ4n) is 3.14. The van der Waals surface area contributed by atoms with Crippen molar-refractivity contribution in [2.75, 3.05) is 12.4 Å². The monoisotopic (exact) mass is 459 g/mol. The van der Waals surface area contributed by atoms with Crippen LogP contribution in [0.2, 0.25) is 0 Å². The number of nitrogens with one attached hydrogen (secondary N) is 3. The molecule has 0 aromatic heterocycles. The molecule has 3 N–H and O–H groups in total. The molecule has 0 atom stereocenters. The number of methoxy groups -OCH3 is 1. The van der Waals surface area contributed by atoms with Crippen molar-refractivity contribution in [1.29, 1.82) is 0 Å². The lowest BCUT2D eigenvalue weighted by molar-refractivity contribution is -0.116. The Kier molecular flexibility index (Phi) is 7.52. The SMILES string of the molecule is COc1ccc(C(=O)NCc2cccc(NC(=O)CC(C)C)c2)cc1S(=O)(=O)NC1CC1. The van der Waals surface area contributed by atoms with Gasteiger partial charge in [-0.2, -0.15) is 0 Å². The molecule has 0 bridgehead atoms. The summed E-state index contributed by atoms with van der Waals surface area (Å²) in [7, 11) is -2.40. The van der Waals surface area contributed by atoms with Gasteiger partial charge in [-0.05, 0) is 54.7 Å². The lowest BCUT2D eigenvalue weighted by Crippen LogP contribution is -2.27. The van der Waals surface area contributed by atoms with Gasteiger partial charge in [0.15, 0.2) is 0 Å². The van der Waals surface area contributed by atoms with Gasteiger partial charge in [-0.3, -0.25) is 9.59 Å².